The summed E-state index contributed by atoms with van der Waals surface area (Å²) in [6.45, 7) is 1.71. The molecule has 4 rings (SSSR count). The molecule has 0 saturated heterocycles. The van der Waals surface area contributed by atoms with Crippen molar-refractivity contribution in [1.29, 1.82) is 0 Å². The predicted octanol–water partition coefficient (Wildman–Crippen LogP) is 2.86. The number of rotatable bonds is 6. The highest BCUT2D eigenvalue weighted by molar-refractivity contribution is 5.91. The van der Waals surface area contributed by atoms with Gasteiger partial charge >= 0.3 is 0 Å². The molecule has 5 nitrogen and oxygen atoms in total. The summed E-state index contributed by atoms with van der Waals surface area (Å²) in [5.74, 6) is 2.44. The molecular weight excluding hydrogens is 330 g/mol. The summed E-state index contributed by atoms with van der Waals surface area (Å²) < 4.78 is 16.6. The fraction of sp³-hybridized carbons (Fsp3) is 0.381. The van der Waals surface area contributed by atoms with Crippen LogP contribution in [0.15, 0.2) is 42.5 Å². The van der Waals surface area contributed by atoms with Gasteiger partial charge in [0, 0.05) is 6.54 Å². The molecule has 26 heavy (non-hydrogen) atoms. The number of hydrogen-bond acceptors (Lipinski definition) is 4. The number of benzene rings is 2. The normalized spacial score (nSPS) is 16.7. The third kappa shape index (κ3) is 3.09. The monoisotopic (exact) mass is 353 g/mol. The lowest BCUT2D eigenvalue weighted by Gasteiger charge is -2.21. The maximum Gasteiger partial charge on any atom is 0.230 e. The maximum absolute atomic E-state index is 12.8. The third-order valence-corrected chi connectivity index (χ3v) is 5.15. The van der Waals surface area contributed by atoms with Crippen molar-refractivity contribution >= 4 is 5.91 Å². The van der Waals surface area contributed by atoms with Crippen LogP contribution < -0.4 is 19.5 Å². The quantitative estimate of drug-likeness (QED) is 0.868. The van der Waals surface area contributed by atoms with Crippen LogP contribution in [-0.2, 0) is 16.6 Å². The number of nitrogens with one attached hydrogen (secondary N) is 1. The molecule has 2 aromatic carbocycles. The average Bonchev–Trinajstić information content (AvgIpc) is 3.50. The van der Waals surface area contributed by atoms with Gasteiger partial charge in [0.25, 0.3) is 0 Å². The van der Waals surface area contributed by atoms with Crippen molar-refractivity contribution in [2.75, 3.05) is 26.9 Å². The molecule has 1 N–H and O–H groups in total. The molecule has 1 amide bonds. The Hall–Kier alpha value is -2.69. The van der Waals surface area contributed by atoms with Gasteiger partial charge in [-0.1, -0.05) is 24.3 Å². The molecule has 1 saturated carbocycles. The van der Waals surface area contributed by atoms with Crippen LogP contribution in [0.3, 0.4) is 0 Å². The summed E-state index contributed by atoms with van der Waals surface area (Å²) in [5, 5.41) is 3.10. The van der Waals surface area contributed by atoms with Gasteiger partial charge in [-0.25, -0.2) is 0 Å². The van der Waals surface area contributed by atoms with E-state index in [2.05, 4.69) is 5.32 Å². The van der Waals surface area contributed by atoms with Crippen LogP contribution in [0.5, 0.6) is 17.2 Å². The Balaban J connectivity index is 1.41. The molecule has 0 radical (unpaired) electrons. The third-order valence-electron chi connectivity index (χ3n) is 5.15. The minimum Gasteiger partial charge on any atom is -0.496 e. The minimum absolute atomic E-state index is 0.0871. The van der Waals surface area contributed by atoms with E-state index in [1.807, 2.05) is 42.5 Å². The minimum atomic E-state index is -0.420. The maximum atomic E-state index is 12.8. The highest BCUT2D eigenvalue weighted by Gasteiger charge is 2.51. The topological polar surface area (TPSA) is 56.8 Å². The Morgan fingerprint density at radius 3 is 2.65 bits per heavy atom. The van der Waals surface area contributed by atoms with Crippen LogP contribution in [0.2, 0.25) is 0 Å². The standard InChI is InChI=1S/C21H23NO4/c1-24-17-5-3-2-4-15(17)8-11-22-20(23)21(9-10-21)16-6-7-18-19(14-16)26-13-12-25-18/h2-7,14H,8-13H2,1H3,(H,22,23). The van der Waals surface area contributed by atoms with E-state index in [0.29, 0.717) is 19.8 Å². The van der Waals surface area contributed by atoms with Crippen LogP contribution in [0, 0.1) is 0 Å². The van der Waals surface area contributed by atoms with E-state index in [0.717, 1.165) is 47.6 Å². The summed E-state index contributed by atoms with van der Waals surface area (Å²) >= 11 is 0. The van der Waals surface area contributed by atoms with Crippen molar-refractivity contribution in [1.82, 2.24) is 5.32 Å². The zero-order valence-corrected chi connectivity index (χ0v) is 14.9. The molecule has 1 fully saturated rings. The molecule has 136 valence electrons. The summed E-state index contributed by atoms with van der Waals surface area (Å²) in [7, 11) is 1.67. The number of carbonyl (C=O) groups is 1. The van der Waals surface area contributed by atoms with Gasteiger partial charge in [-0.05, 0) is 48.6 Å². The van der Waals surface area contributed by atoms with Gasteiger partial charge in [0.05, 0.1) is 12.5 Å². The van der Waals surface area contributed by atoms with Gasteiger partial charge in [0.15, 0.2) is 11.5 Å². The lowest BCUT2D eigenvalue weighted by atomic mass is 9.94. The van der Waals surface area contributed by atoms with Crippen molar-refractivity contribution in [3.63, 3.8) is 0 Å². The number of amides is 1. The summed E-state index contributed by atoms with van der Waals surface area (Å²) in [6.07, 6.45) is 2.48. The van der Waals surface area contributed by atoms with E-state index in [1.165, 1.54) is 0 Å². The van der Waals surface area contributed by atoms with Crippen LogP contribution in [-0.4, -0.2) is 32.8 Å². The van der Waals surface area contributed by atoms with Gasteiger partial charge in [0.2, 0.25) is 5.91 Å². The number of hydrogen-bond donors (Lipinski definition) is 1. The second-order valence-corrected chi connectivity index (χ2v) is 6.76. The van der Waals surface area contributed by atoms with Gasteiger partial charge in [-0.2, -0.15) is 0 Å². The summed E-state index contributed by atoms with van der Waals surface area (Å²) in [6, 6.07) is 13.8. The van der Waals surface area contributed by atoms with Crippen LogP contribution in [0.1, 0.15) is 24.0 Å². The predicted molar refractivity (Wildman–Crippen MR) is 98.1 cm³/mol. The van der Waals surface area contributed by atoms with E-state index >= 15 is 0 Å². The van der Waals surface area contributed by atoms with E-state index in [4.69, 9.17) is 14.2 Å². The van der Waals surface area contributed by atoms with Crippen LogP contribution in [0.25, 0.3) is 0 Å². The second kappa shape index (κ2) is 6.90. The highest BCUT2D eigenvalue weighted by atomic mass is 16.6. The van der Waals surface area contributed by atoms with Crippen molar-refractivity contribution < 1.29 is 19.0 Å². The molecular formula is C21H23NO4. The number of para-hydroxylation sites is 1. The summed E-state index contributed by atoms with van der Waals surface area (Å²) in [5.41, 5.74) is 1.69. The second-order valence-electron chi connectivity index (χ2n) is 6.76. The largest absolute Gasteiger partial charge is 0.496 e. The van der Waals surface area contributed by atoms with Crippen molar-refractivity contribution in [2.45, 2.75) is 24.7 Å². The first-order valence-corrected chi connectivity index (χ1v) is 9.03. The Morgan fingerprint density at radius 1 is 1.12 bits per heavy atom. The van der Waals surface area contributed by atoms with Crippen molar-refractivity contribution in [3.05, 3.63) is 53.6 Å². The lowest BCUT2D eigenvalue weighted by molar-refractivity contribution is -0.123. The molecule has 2 aliphatic rings. The fourth-order valence-corrected chi connectivity index (χ4v) is 3.50. The first kappa shape index (κ1) is 16.8. The molecule has 0 aromatic heterocycles. The zero-order valence-electron chi connectivity index (χ0n) is 14.9. The number of carbonyl (C=O) groups excluding carboxylic acids is 1. The van der Waals surface area contributed by atoms with Crippen LogP contribution in [0.4, 0.5) is 0 Å². The molecule has 1 aliphatic carbocycles. The molecule has 1 heterocycles. The first-order chi connectivity index (χ1) is 12.7. The van der Waals surface area contributed by atoms with Crippen LogP contribution >= 0.6 is 0 Å². The van der Waals surface area contributed by atoms with E-state index in [-0.39, 0.29) is 5.91 Å². The molecule has 5 heteroatoms. The number of methoxy groups -OCH3 is 1. The van der Waals surface area contributed by atoms with Gasteiger partial charge in [-0.15, -0.1) is 0 Å². The molecule has 0 unspecified atom stereocenters. The highest BCUT2D eigenvalue weighted by Crippen LogP contribution is 2.50. The van der Waals surface area contributed by atoms with Gasteiger partial charge in [-0.3, -0.25) is 4.79 Å². The Kier molecular flexibility index (Phi) is 4.45. The van der Waals surface area contributed by atoms with E-state index in [9.17, 15) is 4.79 Å². The Bertz CT molecular complexity index is 813. The first-order valence-electron chi connectivity index (χ1n) is 9.03. The zero-order chi connectivity index (χ0) is 18.0. The van der Waals surface area contributed by atoms with Gasteiger partial charge in [0.1, 0.15) is 19.0 Å². The Labute approximate surface area is 153 Å². The molecule has 2 aromatic rings. The van der Waals surface area contributed by atoms with E-state index in [1.54, 1.807) is 7.11 Å². The van der Waals surface area contributed by atoms with Crippen molar-refractivity contribution in [2.24, 2.45) is 0 Å². The SMILES string of the molecule is COc1ccccc1CCNC(=O)C1(c2ccc3c(c2)OCCO3)CC1. The lowest BCUT2D eigenvalue weighted by Crippen LogP contribution is -2.36. The Morgan fingerprint density at radius 2 is 1.88 bits per heavy atom. The molecule has 1 aliphatic heterocycles. The summed E-state index contributed by atoms with van der Waals surface area (Å²) in [4.78, 5) is 12.8. The fourth-order valence-electron chi connectivity index (χ4n) is 3.50. The average molecular weight is 353 g/mol. The van der Waals surface area contributed by atoms with Gasteiger partial charge < -0.3 is 19.5 Å². The molecule has 0 bridgehead atoms. The van der Waals surface area contributed by atoms with Crippen molar-refractivity contribution in [3.8, 4) is 17.2 Å². The smallest absolute Gasteiger partial charge is 0.230 e. The number of fused-ring (bicyclic) bond motifs is 1. The molecule has 0 spiro atoms. The molecule has 0 atom stereocenters. The van der Waals surface area contributed by atoms with E-state index < -0.39 is 5.41 Å². The number of ether oxygens (including phenoxy) is 3.